The standard InChI is InChI=1S/C15H22BrClN2/c1-3-15(4-2)11-19(9-5-8-18-15)12-6-7-14(17)13(16)10-12/h6-7,10,18H,3-5,8-9,11H2,1-2H3. The quantitative estimate of drug-likeness (QED) is 0.870. The smallest absolute Gasteiger partial charge is 0.0549 e. The minimum atomic E-state index is 0.239. The molecule has 0 unspecified atom stereocenters. The van der Waals surface area contributed by atoms with Crippen LogP contribution < -0.4 is 10.2 Å². The Kier molecular flexibility index (Phi) is 5.15. The van der Waals surface area contributed by atoms with Crippen molar-refractivity contribution >= 4 is 33.2 Å². The van der Waals surface area contributed by atoms with Crippen molar-refractivity contribution in [1.82, 2.24) is 5.32 Å². The third kappa shape index (κ3) is 3.45. The molecule has 0 radical (unpaired) electrons. The van der Waals surface area contributed by atoms with E-state index in [1.165, 1.54) is 12.1 Å². The molecule has 0 bridgehead atoms. The molecule has 0 saturated carbocycles. The second-order valence-electron chi connectivity index (χ2n) is 5.29. The van der Waals surface area contributed by atoms with Gasteiger partial charge >= 0.3 is 0 Å². The van der Waals surface area contributed by atoms with Crippen LogP contribution in [0.25, 0.3) is 0 Å². The maximum absolute atomic E-state index is 6.08. The van der Waals surface area contributed by atoms with Gasteiger partial charge in [-0.15, -0.1) is 0 Å². The lowest BCUT2D eigenvalue weighted by atomic mass is 9.92. The van der Waals surface area contributed by atoms with Gasteiger partial charge < -0.3 is 10.2 Å². The summed E-state index contributed by atoms with van der Waals surface area (Å²) in [5, 5.41) is 4.51. The number of halogens is 2. The van der Waals surface area contributed by atoms with Crippen molar-refractivity contribution < 1.29 is 0 Å². The van der Waals surface area contributed by atoms with Crippen LogP contribution in [0.2, 0.25) is 5.02 Å². The molecule has 0 amide bonds. The molecule has 1 aromatic rings. The minimum absolute atomic E-state index is 0.239. The van der Waals surface area contributed by atoms with Gasteiger partial charge in [0, 0.05) is 28.8 Å². The molecule has 0 aliphatic carbocycles. The summed E-state index contributed by atoms with van der Waals surface area (Å²) in [6, 6.07) is 6.22. The fourth-order valence-corrected chi connectivity index (χ4v) is 3.23. The van der Waals surface area contributed by atoms with Crippen molar-refractivity contribution in [2.24, 2.45) is 0 Å². The summed E-state index contributed by atoms with van der Waals surface area (Å²) >= 11 is 9.61. The third-order valence-corrected chi connectivity index (χ3v) is 5.43. The maximum atomic E-state index is 6.08. The molecular formula is C15H22BrClN2. The average molecular weight is 346 g/mol. The molecule has 19 heavy (non-hydrogen) atoms. The SMILES string of the molecule is CCC1(CC)CN(c2ccc(Cl)c(Br)c2)CCCN1. The predicted molar refractivity (Wildman–Crippen MR) is 87.3 cm³/mol. The lowest BCUT2D eigenvalue weighted by molar-refractivity contribution is 0.321. The van der Waals surface area contributed by atoms with Gasteiger partial charge in [-0.3, -0.25) is 0 Å². The third-order valence-electron chi connectivity index (χ3n) is 4.22. The Labute approximate surface area is 129 Å². The van der Waals surface area contributed by atoms with Gasteiger partial charge in [0.15, 0.2) is 0 Å². The lowest BCUT2D eigenvalue weighted by Gasteiger charge is -2.36. The lowest BCUT2D eigenvalue weighted by Crippen LogP contribution is -2.50. The van der Waals surface area contributed by atoms with E-state index >= 15 is 0 Å². The predicted octanol–water partition coefficient (Wildman–Crippen LogP) is 4.46. The molecule has 1 fully saturated rings. The molecule has 1 heterocycles. The number of benzene rings is 1. The van der Waals surface area contributed by atoms with E-state index in [1.54, 1.807) is 0 Å². The zero-order valence-corrected chi connectivity index (χ0v) is 14.0. The zero-order valence-electron chi connectivity index (χ0n) is 11.7. The molecule has 1 aromatic carbocycles. The van der Waals surface area contributed by atoms with Gasteiger partial charge in [0.2, 0.25) is 0 Å². The fraction of sp³-hybridized carbons (Fsp3) is 0.600. The summed E-state index contributed by atoms with van der Waals surface area (Å²) in [4.78, 5) is 2.48. The number of hydrogen-bond donors (Lipinski definition) is 1. The van der Waals surface area contributed by atoms with Gasteiger partial charge in [-0.2, -0.15) is 0 Å². The highest BCUT2D eigenvalue weighted by Crippen LogP contribution is 2.30. The first-order valence-electron chi connectivity index (χ1n) is 7.05. The van der Waals surface area contributed by atoms with Crippen molar-refractivity contribution in [3.05, 3.63) is 27.7 Å². The van der Waals surface area contributed by atoms with E-state index < -0.39 is 0 Å². The Hall–Kier alpha value is -0.250. The number of nitrogens with one attached hydrogen (secondary N) is 1. The van der Waals surface area contributed by atoms with Crippen LogP contribution in [0.3, 0.4) is 0 Å². The number of hydrogen-bond acceptors (Lipinski definition) is 2. The first-order valence-corrected chi connectivity index (χ1v) is 8.22. The van der Waals surface area contributed by atoms with Gasteiger partial charge in [-0.1, -0.05) is 25.4 Å². The van der Waals surface area contributed by atoms with Crippen LogP contribution >= 0.6 is 27.5 Å². The molecule has 2 rings (SSSR count). The summed E-state index contributed by atoms with van der Waals surface area (Å²) in [6.07, 6.45) is 3.51. The molecule has 106 valence electrons. The zero-order chi connectivity index (χ0) is 13.9. The van der Waals surface area contributed by atoms with Gasteiger partial charge in [0.05, 0.1) is 5.02 Å². The second kappa shape index (κ2) is 6.47. The number of anilines is 1. The van der Waals surface area contributed by atoms with E-state index in [4.69, 9.17) is 11.6 Å². The minimum Gasteiger partial charge on any atom is -0.370 e. The normalized spacial score (nSPS) is 19.3. The highest BCUT2D eigenvalue weighted by molar-refractivity contribution is 9.10. The van der Waals surface area contributed by atoms with Crippen LogP contribution in [0.4, 0.5) is 5.69 Å². The topological polar surface area (TPSA) is 15.3 Å². The van der Waals surface area contributed by atoms with Crippen LogP contribution in [-0.4, -0.2) is 25.2 Å². The average Bonchev–Trinajstić information content (AvgIpc) is 2.65. The molecule has 1 aliphatic rings. The summed E-state index contributed by atoms with van der Waals surface area (Å²) in [7, 11) is 0. The van der Waals surface area contributed by atoms with Crippen LogP contribution in [0.1, 0.15) is 33.1 Å². The van der Waals surface area contributed by atoms with E-state index in [9.17, 15) is 0 Å². The van der Waals surface area contributed by atoms with Gasteiger partial charge in [0.1, 0.15) is 0 Å². The molecule has 1 saturated heterocycles. The van der Waals surface area contributed by atoms with Crippen LogP contribution in [0.15, 0.2) is 22.7 Å². The number of rotatable bonds is 3. The highest BCUT2D eigenvalue weighted by atomic mass is 79.9. The van der Waals surface area contributed by atoms with Crippen LogP contribution in [0.5, 0.6) is 0 Å². The Morgan fingerprint density at radius 3 is 2.74 bits per heavy atom. The summed E-state index contributed by atoms with van der Waals surface area (Å²) < 4.78 is 0.975. The van der Waals surface area contributed by atoms with Crippen molar-refractivity contribution in [3.8, 4) is 0 Å². The van der Waals surface area contributed by atoms with Crippen molar-refractivity contribution in [3.63, 3.8) is 0 Å². The molecule has 0 atom stereocenters. The van der Waals surface area contributed by atoms with E-state index in [0.717, 1.165) is 42.0 Å². The molecular weight excluding hydrogens is 324 g/mol. The van der Waals surface area contributed by atoms with E-state index in [-0.39, 0.29) is 5.54 Å². The van der Waals surface area contributed by atoms with Gasteiger partial charge in [-0.05, 0) is 59.9 Å². The molecule has 1 N–H and O–H groups in total. The van der Waals surface area contributed by atoms with Crippen LogP contribution in [-0.2, 0) is 0 Å². The first kappa shape index (κ1) is 15.1. The number of nitrogens with zero attached hydrogens (tertiary/aromatic N) is 1. The van der Waals surface area contributed by atoms with E-state index in [1.807, 2.05) is 6.07 Å². The Bertz CT molecular complexity index is 432. The van der Waals surface area contributed by atoms with E-state index in [2.05, 4.69) is 52.1 Å². The molecule has 2 nitrogen and oxygen atoms in total. The van der Waals surface area contributed by atoms with E-state index in [0.29, 0.717) is 0 Å². The molecule has 0 spiro atoms. The molecule has 4 heteroatoms. The second-order valence-corrected chi connectivity index (χ2v) is 6.55. The fourth-order valence-electron chi connectivity index (χ4n) is 2.75. The molecule has 1 aliphatic heterocycles. The van der Waals surface area contributed by atoms with Crippen molar-refractivity contribution in [2.45, 2.75) is 38.6 Å². The van der Waals surface area contributed by atoms with Crippen molar-refractivity contribution in [1.29, 1.82) is 0 Å². The highest BCUT2D eigenvalue weighted by Gasteiger charge is 2.30. The van der Waals surface area contributed by atoms with Gasteiger partial charge in [0.25, 0.3) is 0 Å². The maximum Gasteiger partial charge on any atom is 0.0549 e. The summed E-state index contributed by atoms with van der Waals surface area (Å²) in [5.74, 6) is 0. The Morgan fingerprint density at radius 2 is 2.11 bits per heavy atom. The van der Waals surface area contributed by atoms with Crippen LogP contribution in [0, 0.1) is 0 Å². The Morgan fingerprint density at radius 1 is 1.37 bits per heavy atom. The largest absolute Gasteiger partial charge is 0.370 e. The summed E-state index contributed by atoms with van der Waals surface area (Å²) in [6.45, 7) is 7.82. The molecule has 0 aromatic heterocycles. The van der Waals surface area contributed by atoms with Crippen molar-refractivity contribution in [2.75, 3.05) is 24.5 Å². The first-order chi connectivity index (χ1) is 9.10. The monoisotopic (exact) mass is 344 g/mol. The Balaban J connectivity index is 2.24. The summed E-state index contributed by atoms with van der Waals surface area (Å²) in [5.41, 5.74) is 1.49. The van der Waals surface area contributed by atoms with Gasteiger partial charge in [-0.25, -0.2) is 0 Å².